The Bertz CT molecular complexity index is 7270. The summed E-state index contributed by atoms with van der Waals surface area (Å²) in [6.07, 6.45) is 0. The quantitative estimate of drug-likeness (QED) is 0.113. The van der Waals surface area contributed by atoms with E-state index in [0.717, 1.165) is 127 Å². The Morgan fingerprint density at radius 1 is 0.158 bits per heavy atom. The summed E-state index contributed by atoms with van der Waals surface area (Å²) in [5.74, 6) is 1.21. The highest BCUT2D eigenvalue weighted by atomic mass is 16.4. The van der Waals surface area contributed by atoms with E-state index >= 15 is 0 Å². The summed E-state index contributed by atoms with van der Waals surface area (Å²) < 4.78 is 12.7. The molecule has 0 N–H and O–H groups in total. The summed E-state index contributed by atoms with van der Waals surface area (Å²) in [5, 5.41) is 11.3. The predicted octanol–water partition coefficient (Wildman–Crippen LogP) is 29.4. The molecule has 0 bridgehead atoms. The van der Waals surface area contributed by atoms with Crippen LogP contribution in [0.15, 0.2) is 421 Å². The molecule has 22 rings (SSSR count). The van der Waals surface area contributed by atoms with E-state index < -0.39 is 0 Å². The van der Waals surface area contributed by atoms with Gasteiger partial charge in [0, 0.05) is 54.6 Å². The summed E-state index contributed by atoms with van der Waals surface area (Å²) in [4.78, 5) is 20.7. The molecule has 0 unspecified atom stereocenters. The van der Waals surface area contributed by atoms with Crippen molar-refractivity contribution in [1.29, 1.82) is 0 Å². The first-order valence-electron chi connectivity index (χ1n) is 38.6. The summed E-state index contributed by atoms with van der Waals surface area (Å²) in [5.41, 5.74) is 29.8. The largest absolute Gasteiger partial charge is 0.436 e. The molecule has 4 aromatic heterocycles. The van der Waals surface area contributed by atoms with Gasteiger partial charge in [0.15, 0.2) is 11.2 Å². The zero-order valence-electron chi connectivity index (χ0n) is 61.9. The second kappa shape index (κ2) is 28.6. The smallest absolute Gasteiger partial charge is 0.227 e. The topological polar surface area (TPSA) is 77.8 Å². The van der Waals surface area contributed by atoms with Gasteiger partial charge in [-0.15, -0.1) is 0 Å². The fourth-order valence-electron chi connectivity index (χ4n) is 16.5. The molecule has 6 heteroatoms. The third-order valence-electron chi connectivity index (χ3n) is 22.3. The van der Waals surface area contributed by atoms with Crippen molar-refractivity contribution < 1.29 is 8.83 Å². The zero-order valence-corrected chi connectivity index (χ0v) is 61.9. The molecule has 22 aromatic rings. The number of aromatic nitrogens is 4. The molecule has 0 saturated heterocycles. The van der Waals surface area contributed by atoms with Gasteiger partial charge in [0.2, 0.25) is 11.8 Å². The summed E-state index contributed by atoms with van der Waals surface area (Å²) in [7, 11) is 0. The third kappa shape index (κ3) is 12.4. The lowest BCUT2D eigenvalue weighted by molar-refractivity contribution is 0.620. The van der Waals surface area contributed by atoms with Crippen molar-refractivity contribution in [3.63, 3.8) is 0 Å². The SMILES string of the molecule is c1ccc(-c2ccc(-c3cc4c(-c5ccc(-c6ccccc6)cc5)cc(-c5ccc(-c6nc7c8ccccc8c8ccccc8c7o6)cc5)nc4c4ccccc34)cc2)cc1.c1ccc(-c2ccc(-c3cc4c(-c5ccc(-c6ccccc6)cc5)cc(-c5ccc(-c6nc7ccccc7o6)cc5)nc4c4ccccc34)cc2)cc1. The van der Waals surface area contributed by atoms with Gasteiger partial charge < -0.3 is 8.83 Å². The van der Waals surface area contributed by atoms with Crippen LogP contribution in [0.2, 0.25) is 0 Å². The number of benzene rings is 18. The van der Waals surface area contributed by atoms with E-state index in [1.807, 2.05) is 24.3 Å². The molecule has 4 heterocycles. The Morgan fingerprint density at radius 2 is 0.430 bits per heavy atom. The molecule has 0 aliphatic carbocycles. The Kier molecular flexibility index (Phi) is 16.8. The highest BCUT2D eigenvalue weighted by Crippen LogP contribution is 2.46. The number of nitrogens with zero attached hydrogens (tertiary/aromatic N) is 4. The normalized spacial score (nSPS) is 11.5. The molecule has 0 saturated carbocycles. The van der Waals surface area contributed by atoms with Crippen LogP contribution >= 0.6 is 0 Å². The van der Waals surface area contributed by atoms with Gasteiger partial charge in [-0.25, -0.2) is 19.9 Å². The molecule has 0 spiro atoms. The average Bonchev–Trinajstić information content (AvgIpc) is 1.71. The lowest BCUT2D eigenvalue weighted by atomic mass is 9.90. The van der Waals surface area contributed by atoms with Crippen LogP contribution in [-0.4, -0.2) is 19.9 Å². The van der Waals surface area contributed by atoms with E-state index in [4.69, 9.17) is 28.8 Å². The maximum Gasteiger partial charge on any atom is 0.227 e. The first-order chi connectivity index (χ1) is 56.5. The number of rotatable bonds is 12. The van der Waals surface area contributed by atoms with Crippen LogP contribution in [0.25, 0.3) is 222 Å². The van der Waals surface area contributed by atoms with Crippen LogP contribution in [0.5, 0.6) is 0 Å². The van der Waals surface area contributed by atoms with E-state index in [1.54, 1.807) is 0 Å². The highest BCUT2D eigenvalue weighted by molar-refractivity contribution is 6.23. The monoisotopic (exact) mass is 1450 g/mol. The molecular formula is C108H68N4O2. The van der Waals surface area contributed by atoms with Gasteiger partial charge in [-0.1, -0.05) is 352 Å². The fraction of sp³-hybridized carbons (Fsp3) is 0. The van der Waals surface area contributed by atoms with Crippen molar-refractivity contribution in [3.05, 3.63) is 413 Å². The van der Waals surface area contributed by atoms with Gasteiger partial charge in [-0.3, -0.25) is 0 Å². The molecule has 0 aliphatic heterocycles. The minimum Gasteiger partial charge on any atom is -0.436 e. The van der Waals surface area contributed by atoms with Gasteiger partial charge in [0.1, 0.15) is 11.0 Å². The van der Waals surface area contributed by atoms with E-state index in [1.165, 1.54) is 82.9 Å². The van der Waals surface area contributed by atoms with Crippen molar-refractivity contribution in [2.75, 3.05) is 0 Å². The van der Waals surface area contributed by atoms with Crippen molar-refractivity contribution >= 4 is 87.1 Å². The van der Waals surface area contributed by atoms with Crippen LogP contribution in [-0.2, 0) is 0 Å². The van der Waals surface area contributed by atoms with Crippen molar-refractivity contribution in [2.24, 2.45) is 0 Å². The molecule has 0 fully saturated rings. The summed E-state index contributed by atoms with van der Waals surface area (Å²) >= 11 is 0. The number of para-hydroxylation sites is 2. The number of hydrogen-bond acceptors (Lipinski definition) is 6. The molecule has 0 radical (unpaired) electrons. The standard InChI is InChI=1S/C58H36N2O.C50H32N2O/c1-3-13-37(14-4-1)39-23-27-41(28-24-39)51-35-53-52(42-29-25-40(26-30-42)38-15-5-2-6-16-38)36-54(59-55(53)48-20-10-8-19-47(48)51)43-31-33-44(34-32-43)58-60-56-49-21-11-7-17-45(49)46-18-9-12-22-50(46)57(56)61-58;1-3-11-33(12-4-1)35-19-23-37(24-20-35)43-31-45-44(38-25-21-36(22-26-38)34-13-5-2-6-14-34)32-47(51-49(45)42-16-8-7-15-41(42)43)39-27-29-40(30-28-39)50-52-46-17-9-10-18-48(46)53-50/h1-36H;1-32H. The van der Waals surface area contributed by atoms with Crippen LogP contribution in [0.4, 0.5) is 0 Å². The molecule has 6 nitrogen and oxygen atoms in total. The maximum atomic E-state index is 6.60. The fourth-order valence-corrected chi connectivity index (χ4v) is 16.5. The lowest BCUT2D eigenvalue weighted by Crippen LogP contribution is -1.93. The van der Waals surface area contributed by atoms with Crippen molar-refractivity contribution in [1.82, 2.24) is 19.9 Å². The molecule has 114 heavy (non-hydrogen) atoms. The first-order valence-corrected chi connectivity index (χ1v) is 38.6. The molecular weight excluding hydrogens is 1390 g/mol. The van der Waals surface area contributed by atoms with E-state index in [-0.39, 0.29) is 0 Å². The number of fused-ring (bicyclic) bond motifs is 13. The molecule has 532 valence electrons. The summed E-state index contributed by atoms with van der Waals surface area (Å²) in [6.45, 7) is 0. The predicted molar refractivity (Wildman–Crippen MR) is 474 cm³/mol. The van der Waals surface area contributed by atoms with Crippen molar-refractivity contribution in [2.45, 2.75) is 0 Å². The molecule has 0 atom stereocenters. The minimum absolute atomic E-state index is 0.601. The highest BCUT2D eigenvalue weighted by Gasteiger charge is 2.22. The second-order valence-electron chi connectivity index (χ2n) is 29.0. The van der Waals surface area contributed by atoms with E-state index in [2.05, 4.69) is 388 Å². The molecule has 18 aromatic carbocycles. The van der Waals surface area contributed by atoms with Crippen molar-refractivity contribution in [3.8, 4) is 134 Å². The van der Waals surface area contributed by atoms with Crippen LogP contribution in [0, 0.1) is 0 Å². The van der Waals surface area contributed by atoms with Crippen LogP contribution in [0.1, 0.15) is 0 Å². The Morgan fingerprint density at radius 3 is 0.816 bits per heavy atom. The lowest BCUT2D eigenvalue weighted by Gasteiger charge is -2.16. The first kappa shape index (κ1) is 66.9. The third-order valence-corrected chi connectivity index (χ3v) is 22.3. The van der Waals surface area contributed by atoms with Gasteiger partial charge in [-0.2, -0.15) is 0 Å². The minimum atomic E-state index is 0.601. The Hall–Kier alpha value is -15.2. The van der Waals surface area contributed by atoms with E-state index in [0.29, 0.717) is 11.8 Å². The van der Waals surface area contributed by atoms with E-state index in [9.17, 15) is 0 Å². The van der Waals surface area contributed by atoms with Gasteiger partial charge in [0.05, 0.1) is 22.4 Å². The molecule has 0 aliphatic rings. The number of oxazole rings is 2. The number of pyridine rings is 2. The second-order valence-corrected chi connectivity index (χ2v) is 29.0. The van der Waals surface area contributed by atoms with Crippen LogP contribution < -0.4 is 0 Å². The van der Waals surface area contributed by atoms with Gasteiger partial charge in [0.25, 0.3) is 0 Å². The van der Waals surface area contributed by atoms with Crippen LogP contribution in [0.3, 0.4) is 0 Å². The van der Waals surface area contributed by atoms with Gasteiger partial charge >= 0.3 is 0 Å². The maximum absolute atomic E-state index is 6.60. The summed E-state index contributed by atoms with van der Waals surface area (Å²) in [6, 6.07) is 146. The van der Waals surface area contributed by atoms with Gasteiger partial charge in [-0.05, 0) is 171 Å². The average molecular weight is 1450 g/mol. The zero-order chi connectivity index (χ0) is 75.4. The Labute approximate surface area is 658 Å². The number of hydrogen-bond donors (Lipinski definition) is 0. The molecule has 0 amide bonds. The Balaban J connectivity index is 0.000000145.